The molecule has 2 aliphatic rings. The lowest BCUT2D eigenvalue weighted by molar-refractivity contribution is -0.137. The topological polar surface area (TPSA) is 49.4 Å². The summed E-state index contributed by atoms with van der Waals surface area (Å²) >= 11 is 0. The highest BCUT2D eigenvalue weighted by Gasteiger charge is 2.36. The van der Waals surface area contributed by atoms with Crippen LogP contribution >= 0.6 is 0 Å². The van der Waals surface area contributed by atoms with Crippen LogP contribution in [0, 0.1) is 11.8 Å². The van der Waals surface area contributed by atoms with Crippen molar-refractivity contribution in [2.24, 2.45) is 11.8 Å². The molecule has 3 rings (SSSR count). The lowest BCUT2D eigenvalue weighted by Gasteiger charge is -2.33. The summed E-state index contributed by atoms with van der Waals surface area (Å²) in [4.78, 5) is 26.9. The first-order valence-corrected chi connectivity index (χ1v) is 9.33. The standard InChI is InChI=1S/C20H28N2O2/c1-2-7-18(15-8-4-3-5-9-15)21-19(23)17-10-6-13-22(14-17)20(24)16-11-12-16/h3-5,8-9,16-18H,2,6-7,10-14H2,1H3,(H,21,23). The van der Waals surface area contributed by atoms with E-state index in [2.05, 4.69) is 24.4 Å². The molecule has 1 saturated carbocycles. The first kappa shape index (κ1) is 17.0. The zero-order valence-corrected chi connectivity index (χ0v) is 14.5. The number of carbonyl (C=O) groups is 2. The molecule has 1 saturated heterocycles. The molecule has 4 heteroatoms. The van der Waals surface area contributed by atoms with E-state index in [1.54, 1.807) is 0 Å². The van der Waals surface area contributed by atoms with Gasteiger partial charge in [-0.3, -0.25) is 9.59 Å². The second-order valence-corrected chi connectivity index (χ2v) is 7.16. The summed E-state index contributed by atoms with van der Waals surface area (Å²) < 4.78 is 0. The Balaban J connectivity index is 1.60. The normalized spacial score (nSPS) is 22.0. The van der Waals surface area contributed by atoms with E-state index in [-0.39, 0.29) is 29.7 Å². The number of rotatable bonds is 6. The maximum atomic E-state index is 12.8. The van der Waals surface area contributed by atoms with Gasteiger partial charge in [-0.2, -0.15) is 0 Å². The van der Waals surface area contributed by atoms with Crippen molar-refractivity contribution in [2.75, 3.05) is 13.1 Å². The molecule has 2 amide bonds. The number of likely N-dealkylation sites (tertiary alicyclic amines) is 1. The van der Waals surface area contributed by atoms with Crippen LogP contribution in [0.15, 0.2) is 30.3 Å². The van der Waals surface area contributed by atoms with Crippen molar-refractivity contribution in [1.82, 2.24) is 10.2 Å². The summed E-state index contributed by atoms with van der Waals surface area (Å²) in [6, 6.07) is 10.2. The molecule has 24 heavy (non-hydrogen) atoms. The molecule has 0 radical (unpaired) electrons. The van der Waals surface area contributed by atoms with Crippen LogP contribution in [-0.2, 0) is 9.59 Å². The number of piperidine rings is 1. The first-order chi connectivity index (χ1) is 11.7. The highest BCUT2D eigenvalue weighted by Crippen LogP contribution is 2.32. The number of nitrogens with one attached hydrogen (secondary N) is 1. The van der Waals surface area contributed by atoms with Gasteiger partial charge in [-0.15, -0.1) is 0 Å². The van der Waals surface area contributed by atoms with Crippen molar-refractivity contribution in [2.45, 2.75) is 51.5 Å². The van der Waals surface area contributed by atoms with Crippen molar-refractivity contribution in [3.8, 4) is 0 Å². The molecule has 0 bridgehead atoms. The van der Waals surface area contributed by atoms with Crippen molar-refractivity contribution in [1.29, 1.82) is 0 Å². The number of benzene rings is 1. The zero-order chi connectivity index (χ0) is 16.9. The predicted octanol–water partition coefficient (Wildman–Crippen LogP) is 3.29. The third-order valence-electron chi connectivity index (χ3n) is 5.13. The number of hydrogen-bond donors (Lipinski definition) is 1. The Morgan fingerprint density at radius 3 is 2.58 bits per heavy atom. The van der Waals surface area contributed by atoms with Gasteiger partial charge in [-0.1, -0.05) is 43.7 Å². The van der Waals surface area contributed by atoms with E-state index in [4.69, 9.17) is 0 Å². The Bertz CT molecular complexity index is 568. The molecule has 2 atom stereocenters. The quantitative estimate of drug-likeness (QED) is 0.871. The number of hydrogen-bond acceptors (Lipinski definition) is 2. The van der Waals surface area contributed by atoms with Gasteiger partial charge in [0.15, 0.2) is 0 Å². The van der Waals surface area contributed by atoms with E-state index in [0.29, 0.717) is 6.54 Å². The van der Waals surface area contributed by atoms with Crippen LogP contribution in [0.1, 0.15) is 57.1 Å². The minimum Gasteiger partial charge on any atom is -0.349 e. The summed E-state index contributed by atoms with van der Waals surface area (Å²) in [5.74, 6) is 0.541. The third-order valence-corrected chi connectivity index (χ3v) is 5.13. The van der Waals surface area contributed by atoms with Gasteiger partial charge >= 0.3 is 0 Å². The minimum absolute atomic E-state index is 0.0653. The largest absolute Gasteiger partial charge is 0.349 e. The molecule has 2 fully saturated rings. The number of carbonyl (C=O) groups excluding carboxylic acids is 2. The Morgan fingerprint density at radius 2 is 1.92 bits per heavy atom. The van der Waals surface area contributed by atoms with E-state index in [1.165, 1.54) is 0 Å². The van der Waals surface area contributed by atoms with Gasteiger partial charge in [0, 0.05) is 19.0 Å². The second-order valence-electron chi connectivity index (χ2n) is 7.16. The number of amides is 2. The Hall–Kier alpha value is -1.84. The fraction of sp³-hybridized carbons (Fsp3) is 0.600. The van der Waals surface area contributed by atoms with E-state index >= 15 is 0 Å². The average molecular weight is 328 g/mol. The van der Waals surface area contributed by atoms with Gasteiger partial charge < -0.3 is 10.2 Å². The Morgan fingerprint density at radius 1 is 1.17 bits per heavy atom. The molecule has 2 unspecified atom stereocenters. The maximum Gasteiger partial charge on any atom is 0.225 e. The predicted molar refractivity (Wildman–Crippen MR) is 94.3 cm³/mol. The second kappa shape index (κ2) is 7.82. The molecule has 1 aromatic rings. The zero-order valence-electron chi connectivity index (χ0n) is 14.5. The average Bonchev–Trinajstić information content (AvgIpc) is 3.46. The van der Waals surface area contributed by atoms with Gasteiger partial charge in [0.1, 0.15) is 0 Å². The molecule has 1 aromatic carbocycles. The van der Waals surface area contributed by atoms with Gasteiger partial charge in [0.2, 0.25) is 11.8 Å². The van der Waals surface area contributed by atoms with Gasteiger partial charge in [-0.25, -0.2) is 0 Å². The van der Waals surface area contributed by atoms with Crippen LogP contribution in [-0.4, -0.2) is 29.8 Å². The molecule has 1 aliphatic heterocycles. The van der Waals surface area contributed by atoms with Gasteiger partial charge in [0.05, 0.1) is 12.0 Å². The SMILES string of the molecule is CCCC(NC(=O)C1CCCN(C(=O)C2CC2)C1)c1ccccc1. The molecule has 0 spiro atoms. The van der Waals surface area contributed by atoms with E-state index in [0.717, 1.165) is 50.6 Å². The fourth-order valence-electron chi connectivity index (χ4n) is 3.57. The molecular formula is C20H28N2O2. The first-order valence-electron chi connectivity index (χ1n) is 9.33. The summed E-state index contributed by atoms with van der Waals surface area (Å²) in [6.07, 6.45) is 5.83. The van der Waals surface area contributed by atoms with Crippen molar-refractivity contribution in [3.63, 3.8) is 0 Å². The molecule has 1 N–H and O–H groups in total. The van der Waals surface area contributed by atoms with E-state index in [9.17, 15) is 9.59 Å². The Labute approximate surface area is 144 Å². The van der Waals surface area contributed by atoms with Crippen LogP contribution in [0.25, 0.3) is 0 Å². The summed E-state index contributed by atoms with van der Waals surface area (Å²) in [5.41, 5.74) is 1.16. The lowest BCUT2D eigenvalue weighted by atomic mass is 9.95. The van der Waals surface area contributed by atoms with Gasteiger partial charge in [-0.05, 0) is 37.7 Å². The van der Waals surface area contributed by atoms with Crippen LogP contribution in [0.5, 0.6) is 0 Å². The maximum absolute atomic E-state index is 12.8. The van der Waals surface area contributed by atoms with Crippen molar-refractivity contribution >= 4 is 11.8 Å². The van der Waals surface area contributed by atoms with Crippen LogP contribution < -0.4 is 5.32 Å². The summed E-state index contributed by atoms with van der Waals surface area (Å²) in [7, 11) is 0. The van der Waals surface area contributed by atoms with Crippen LogP contribution in [0.4, 0.5) is 0 Å². The van der Waals surface area contributed by atoms with Crippen molar-refractivity contribution < 1.29 is 9.59 Å². The van der Waals surface area contributed by atoms with E-state index < -0.39 is 0 Å². The molecule has 4 nitrogen and oxygen atoms in total. The summed E-state index contributed by atoms with van der Waals surface area (Å²) in [5, 5.41) is 3.23. The van der Waals surface area contributed by atoms with Crippen LogP contribution in [0.3, 0.4) is 0 Å². The minimum atomic E-state index is -0.0653. The highest BCUT2D eigenvalue weighted by atomic mass is 16.2. The molecule has 1 heterocycles. The third kappa shape index (κ3) is 4.16. The van der Waals surface area contributed by atoms with Crippen LogP contribution in [0.2, 0.25) is 0 Å². The molecule has 1 aliphatic carbocycles. The Kier molecular flexibility index (Phi) is 5.54. The fourth-order valence-corrected chi connectivity index (χ4v) is 3.57. The lowest BCUT2D eigenvalue weighted by Crippen LogP contribution is -2.46. The monoisotopic (exact) mass is 328 g/mol. The molecule has 130 valence electrons. The number of nitrogens with zero attached hydrogens (tertiary/aromatic N) is 1. The molecule has 0 aromatic heterocycles. The highest BCUT2D eigenvalue weighted by molar-refractivity contribution is 5.83. The van der Waals surface area contributed by atoms with E-state index in [1.807, 2.05) is 23.1 Å². The van der Waals surface area contributed by atoms with Gasteiger partial charge in [0.25, 0.3) is 0 Å². The summed E-state index contributed by atoms with van der Waals surface area (Å²) in [6.45, 7) is 3.55. The van der Waals surface area contributed by atoms with Crippen molar-refractivity contribution in [3.05, 3.63) is 35.9 Å². The smallest absolute Gasteiger partial charge is 0.225 e. The molecular weight excluding hydrogens is 300 g/mol.